The molecule has 2 saturated heterocycles. The molecule has 0 aromatic heterocycles. The van der Waals surface area contributed by atoms with Crippen LogP contribution in [0.5, 0.6) is 0 Å². The molecule has 1 unspecified atom stereocenters. The molecule has 0 aliphatic carbocycles. The highest BCUT2D eigenvalue weighted by molar-refractivity contribution is 5.79. The molecule has 25 heavy (non-hydrogen) atoms. The van der Waals surface area contributed by atoms with E-state index in [1.54, 1.807) is 4.90 Å². The molecule has 0 radical (unpaired) electrons. The van der Waals surface area contributed by atoms with E-state index in [1.165, 1.54) is 5.56 Å². The number of amides is 3. The smallest absolute Gasteiger partial charge is 0.317 e. The first-order valence-electron chi connectivity index (χ1n) is 8.88. The summed E-state index contributed by atoms with van der Waals surface area (Å²) in [5, 5.41) is 15.4. The summed E-state index contributed by atoms with van der Waals surface area (Å²) in [4.78, 5) is 27.6. The summed E-state index contributed by atoms with van der Waals surface area (Å²) in [6, 6.07) is 7.93. The van der Waals surface area contributed by atoms with Crippen molar-refractivity contribution in [2.75, 3.05) is 32.7 Å². The Balaban J connectivity index is 1.55. The Bertz CT molecular complexity index is 622. The zero-order valence-electron chi connectivity index (χ0n) is 14.4. The predicted molar refractivity (Wildman–Crippen MR) is 93.8 cm³/mol. The first-order chi connectivity index (χ1) is 12.1. The molecular weight excluding hydrogens is 320 g/mol. The number of β-amino-alcohol motifs (C(OH)–C–C–N with tert-alkyl or cyclic N) is 1. The van der Waals surface area contributed by atoms with Crippen molar-refractivity contribution in [2.45, 2.75) is 32.0 Å². The molecule has 7 heteroatoms. The molecule has 1 aromatic carbocycles. The van der Waals surface area contributed by atoms with Crippen molar-refractivity contribution in [1.82, 2.24) is 20.4 Å². The molecule has 3 amide bonds. The van der Waals surface area contributed by atoms with Crippen molar-refractivity contribution < 1.29 is 14.7 Å². The second-order valence-corrected chi connectivity index (χ2v) is 6.69. The van der Waals surface area contributed by atoms with Crippen LogP contribution in [-0.4, -0.2) is 65.7 Å². The Morgan fingerprint density at radius 3 is 2.80 bits per heavy atom. The molecule has 2 aliphatic heterocycles. The van der Waals surface area contributed by atoms with Gasteiger partial charge in [-0.15, -0.1) is 0 Å². The molecule has 3 rings (SSSR count). The number of carbonyl (C=O) groups is 2. The van der Waals surface area contributed by atoms with E-state index in [0.29, 0.717) is 39.1 Å². The van der Waals surface area contributed by atoms with Gasteiger partial charge in [0.15, 0.2) is 0 Å². The minimum absolute atomic E-state index is 0.00607. The fraction of sp³-hybridized carbons (Fsp3) is 0.556. The Morgan fingerprint density at radius 1 is 1.24 bits per heavy atom. The van der Waals surface area contributed by atoms with Gasteiger partial charge in [0.1, 0.15) is 0 Å². The minimum atomic E-state index is -0.230. The van der Waals surface area contributed by atoms with E-state index in [0.717, 1.165) is 25.1 Å². The van der Waals surface area contributed by atoms with Gasteiger partial charge < -0.3 is 20.6 Å². The van der Waals surface area contributed by atoms with E-state index in [2.05, 4.69) is 21.6 Å². The maximum Gasteiger partial charge on any atom is 0.317 e. The number of hydrogen-bond donors (Lipinski definition) is 3. The van der Waals surface area contributed by atoms with Crippen molar-refractivity contribution in [3.8, 4) is 0 Å². The molecule has 1 atom stereocenters. The van der Waals surface area contributed by atoms with Crippen LogP contribution in [0.3, 0.4) is 0 Å². The number of likely N-dealkylation sites (tertiary alicyclic amines) is 1. The summed E-state index contributed by atoms with van der Waals surface area (Å²) >= 11 is 0. The average Bonchev–Trinajstić information content (AvgIpc) is 2.88. The van der Waals surface area contributed by atoms with Crippen LogP contribution in [-0.2, 0) is 17.9 Å². The van der Waals surface area contributed by atoms with Gasteiger partial charge in [-0.05, 0) is 17.5 Å². The monoisotopic (exact) mass is 346 g/mol. The van der Waals surface area contributed by atoms with Gasteiger partial charge >= 0.3 is 6.03 Å². The summed E-state index contributed by atoms with van der Waals surface area (Å²) in [7, 11) is 0. The number of nitrogens with one attached hydrogen (secondary N) is 2. The van der Waals surface area contributed by atoms with Crippen LogP contribution in [0.15, 0.2) is 24.3 Å². The fourth-order valence-electron chi connectivity index (χ4n) is 3.33. The minimum Gasteiger partial charge on any atom is -0.392 e. The second kappa shape index (κ2) is 8.31. The number of benzene rings is 1. The number of nitrogens with zero attached hydrogens (tertiary/aromatic N) is 2. The molecule has 7 nitrogen and oxygen atoms in total. The number of rotatable bonds is 4. The number of aliphatic hydroxyl groups excluding tert-OH is 1. The van der Waals surface area contributed by atoms with Crippen LogP contribution in [0.4, 0.5) is 4.79 Å². The molecule has 2 fully saturated rings. The third kappa shape index (κ3) is 4.93. The van der Waals surface area contributed by atoms with E-state index in [4.69, 9.17) is 0 Å². The molecule has 0 saturated carbocycles. The number of carbonyl (C=O) groups excluding carboxylic acids is 2. The van der Waals surface area contributed by atoms with Gasteiger partial charge in [-0.1, -0.05) is 24.3 Å². The highest BCUT2D eigenvalue weighted by atomic mass is 16.3. The number of aliphatic hydroxyl groups is 1. The Labute approximate surface area is 148 Å². The van der Waals surface area contributed by atoms with Crippen LogP contribution < -0.4 is 10.6 Å². The molecule has 2 aliphatic rings. The third-order valence-corrected chi connectivity index (χ3v) is 4.79. The maximum atomic E-state index is 12.4. The fourth-order valence-corrected chi connectivity index (χ4v) is 3.33. The quantitative estimate of drug-likeness (QED) is 0.731. The number of hydrogen-bond acceptors (Lipinski definition) is 4. The standard InChI is InChI=1S/C18H26N4O3/c23-16-5-8-21(13-16)12-15-4-2-1-3-14(15)11-20-18(25)22-9-6-17(24)19-7-10-22/h1-4,16,23H,5-13H2,(H,19,24)(H,20,25). The zero-order chi connectivity index (χ0) is 17.6. The van der Waals surface area contributed by atoms with Crippen LogP contribution in [0.1, 0.15) is 24.0 Å². The van der Waals surface area contributed by atoms with Gasteiger partial charge in [0.25, 0.3) is 0 Å². The zero-order valence-corrected chi connectivity index (χ0v) is 14.4. The molecule has 1 aromatic rings. The Hall–Kier alpha value is -2.12. The molecular formula is C18H26N4O3. The lowest BCUT2D eigenvalue weighted by Gasteiger charge is -2.21. The summed E-state index contributed by atoms with van der Waals surface area (Å²) in [5.41, 5.74) is 2.26. The lowest BCUT2D eigenvalue weighted by atomic mass is 10.1. The van der Waals surface area contributed by atoms with Crippen molar-refractivity contribution >= 4 is 11.9 Å². The van der Waals surface area contributed by atoms with E-state index in [-0.39, 0.29) is 18.0 Å². The molecule has 0 bridgehead atoms. The van der Waals surface area contributed by atoms with Crippen LogP contribution >= 0.6 is 0 Å². The molecule has 3 N–H and O–H groups in total. The normalized spacial score (nSPS) is 21.7. The summed E-state index contributed by atoms with van der Waals surface area (Å²) < 4.78 is 0. The summed E-state index contributed by atoms with van der Waals surface area (Å²) in [6.45, 7) is 4.33. The van der Waals surface area contributed by atoms with Gasteiger partial charge in [-0.25, -0.2) is 4.79 Å². The van der Waals surface area contributed by atoms with Gasteiger partial charge in [0, 0.05) is 52.2 Å². The molecule has 136 valence electrons. The van der Waals surface area contributed by atoms with E-state index < -0.39 is 0 Å². The highest BCUT2D eigenvalue weighted by Gasteiger charge is 2.21. The lowest BCUT2D eigenvalue weighted by molar-refractivity contribution is -0.120. The first kappa shape index (κ1) is 17.7. The van der Waals surface area contributed by atoms with Crippen LogP contribution in [0.2, 0.25) is 0 Å². The molecule has 2 heterocycles. The van der Waals surface area contributed by atoms with Gasteiger partial charge in [-0.3, -0.25) is 9.69 Å². The highest BCUT2D eigenvalue weighted by Crippen LogP contribution is 2.16. The Morgan fingerprint density at radius 2 is 2.04 bits per heavy atom. The van der Waals surface area contributed by atoms with Crippen molar-refractivity contribution in [3.05, 3.63) is 35.4 Å². The topological polar surface area (TPSA) is 84.9 Å². The number of urea groups is 1. The van der Waals surface area contributed by atoms with E-state index in [1.807, 2.05) is 18.2 Å². The predicted octanol–water partition coefficient (Wildman–Crippen LogP) is 0.285. The van der Waals surface area contributed by atoms with E-state index in [9.17, 15) is 14.7 Å². The third-order valence-electron chi connectivity index (χ3n) is 4.79. The molecule has 0 spiro atoms. The van der Waals surface area contributed by atoms with Gasteiger partial charge in [0.2, 0.25) is 5.91 Å². The van der Waals surface area contributed by atoms with Crippen LogP contribution in [0, 0.1) is 0 Å². The van der Waals surface area contributed by atoms with Crippen molar-refractivity contribution in [3.63, 3.8) is 0 Å². The summed E-state index contributed by atoms with van der Waals surface area (Å²) in [6.07, 6.45) is 0.938. The average molecular weight is 346 g/mol. The maximum absolute atomic E-state index is 12.4. The van der Waals surface area contributed by atoms with Gasteiger partial charge in [-0.2, -0.15) is 0 Å². The van der Waals surface area contributed by atoms with E-state index >= 15 is 0 Å². The van der Waals surface area contributed by atoms with Crippen LogP contribution in [0.25, 0.3) is 0 Å². The van der Waals surface area contributed by atoms with Crippen molar-refractivity contribution in [2.24, 2.45) is 0 Å². The second-order valence-electron chi connectivity index (χ2n) is 6.69. The Kier molecular flexibility index (Phi) is 5.88. The van der Waals surface area contributed by atoms with Gasteiger partial charge in [0.05, 0.1) is 6.10 Å². The summed E-state index contributed by atoms with van der Waals surface area (Å²) in [5.74, 6) is -0.00607. The van der Waals surface area contributed by atoms with Crippen molar-refractivity contribution in [1.29, 1.82) is 0 Å². The largest absolute Gasteiger partial charge is 0.392 e. The first-order valence-corrected chi connectivity index (χ1v) is 8.88. The SMILES string of the molecule is O=C1CCN(C(=O)NCc2ccccc2CN2CCC(O)C2)CCN1. The lowest BCUT2D eigenvalue weighted by Crippen LogP contribution is -2.41.